The van der Waals surface area contributed by atoms with Crippen molar-refractivity contribution in [3.63, 3.8) is 0 Å². The lowest BCUT2D eigenvalue weighted by Gasteiger charge is -2.39. The number of Topliss-reactive ketones (excluding diaryl/α,β-unsaturated/α-hetero) is 1. The van der Waals surface area contributed by atoms with E-state index in [0.29, 0.717) is 12.0 Å². The molecule has 0 atom stereocenters. The molecule has 0 aromatic carbocycles. The van der Waals surface area contributed by atoms with Gasteiger partial charge in [0.2, 0.25) is 0 Å². The summed E-state index contributed by atoms with van der Waals surface area (Å²) in [5, 5.41) is 0. The summed E-state index contributed by atoms with van der Waals surface area (Å²) in [6.45, 7) is 20.2. The van der Waals surface area contributed by atoms with Crippen molar-refractivity contribution in [2.45, 2.75) is 67.4 Å². The maximum atomic E-state index is 11.6. The van der Waals surface area contributed by atoms with E-state index < -0.39 is 0 Å². The normalized spacial score (nSPS) is 14.1. The SMILES string of the molecule is C=C(/C=C(C)\C([B]OC(C)(C)C(C)(C)C)=C/C)C(=O)CC. The number of carbonyl (C=O) groups excluding carboxylic acids is 1. The molecule has 0 aliphatic rings. The molecule has 3 heteroatoms. The molecule has 2 nitrogen and oxygen atoms in total. The Bertz CT molecular complexity index is 448. The van der Waals surface area contributed by atoms with Gasteiger partial charge in [0.15, 0.2) is 5.78 Å². The van der Waals surface area contributed by atoms with E-state index in [4.69, 9.17) is 4.65 Å². The molecule has 0 heterocycles. The fraction of sp³-hybridized carbons (Fsp3) is 0.611. The van der Waals surface area contributed by atoms with Gasteiger partial charge >= 0.3 is 7.48 Å². The molecule has 0 spiro atoms. The van der Waals surface area contributed by atoms with E-state index in [1.165, 1.54) is 0 Å². The summed E-state index contributed by atoms with van der Waals surface area (Å²) in [5.41, 5.74) is 2.24. The van der Waals surface area contributed by atoms with Crippen LogP contribution in [0.3, 0.4) is 0 Å². The van der Waals surface area contributed by atoms with Crippen LogP contribution in [0.15, 0.2) is 35.3 Å². The monoisotopic (exact) mass is 289 g/mol. The highest BCUT2D eigenvalue weighted by molar-refractivity contribution is 6.40. The van der Waals surface area contributed by atoms with Crippen molar-refractivity contribution in [1.29, 1.82) is 0 Å². The minimum atomic E-state index is -0.280. The second-order valence-corrected chi connectivity index (χ2v) is 6.87. The summed E-state index contributed by atoms with van der Waals surface area (Å²) >= 11 is 0. The molecule has 0 bridgehead atoms. The molecule has 21 heavy (non-hydrogen) atoms. The van der Waals surface area contributed by atoms with E-state index in [-0.39, 0.29) is 16.8 Å². The Morgan fingerprint density at radius 1 is 1.24 bits per heavy atom. The predicted molar refractivity (Wildman–Crippen MR) is 92.3 cm³/mol. The van der Waals surface area contributed by atoms with Gasteiger partial charge in [-0.2, -0.15) is 0 Å². The molecular weight excluding hydrogens is 259 g/mol. The molecule has 0 rings (SSSR count). The standard InChI is InChI=1S/C18H30BO2/c1-10-15(13(3)12-14(4)16(20)11-2)19-21-18(8,9)17(5,6)7/h10,12H,4,11H2,1-3,5-9H3/b13-12-,15-10+. The van der Waals surface area contributed by atoms with E-state index in [0.717, 1.165) is 11.0 Å². The van der Waals surface area contributed by atoms with Gasteiger partial charge in [0.25, 0.3) is 0 Å². The van der Waals surface area contributed by atoms with Crippen LogP contribution in [0.25, 0.3) is 0 Å². The molecule has 0 N–H and O–H groups in total. The highest BCUT2D eigenvalue weighted by Crippen LogP contribution is 2.33. The third-order valence-electron chi connectivity index (χ3n) is 4.12. The van der Waals surface area contributed by atoms with Crippen LogP contribution >= 0.6 is 0 Å². The maximum absolute atomic E-state index is 11.6. The van der Waals surface area contributed by atoms with Gasteiger partial charge in [0, 0.05) is 12.0 Å². The van der Waals surface area contributed by atoms with Crippen molar-refractivity contribution in [1.82, 2.24) is 0 Å². The van der Waals surface area contributed by atoms with E-state index in [1.54, 1.807) is 7.48 Å². The number of carbonyl (C=O) groups is 1. The third kappa shape index (κ3) is 6.05. The topological polar surface area (TPSA) is 26.3 Å². The van der Waals surface area contributed by atoms with Gasteiger partial charge in [-0.25, -0.2) is 0 Å². The minimum Gasteiger partial charge on any atom is -0.429 e. The fourth-order valence-corrected chi connectivity index (χ4v) is 1.43. The minimum absolute atomic E-state index is 0.0295. The van der Waals surface area contributed by atoms with Crippen molar-refractivity contribution in [2.24, 2.45) is 5.41 Å². The van der Waals surface area contributed by atoms with E-state index in [2.05, 4.69) is 41.2 Å². The Hall–Kier alpha value is -1.09. The first-order chi connectivity index (χ1) is 9.46. The molecule has 117 valence electrons. The summed E-state index contributed by atoms with van der Waals surface area (Å²) in [5.74, 6) is 0.0701. The molecule has 1 radical (unpaired) electrons. The van der Waals surface area contributed by atoms with Crippen LogP contribution < -0.4 is 0 Å². The van der Waals surface area contributed by atoms with Gasteiger partial charge in [-0.1, -0.05) is 51.4 Å². The van der Waals surface area contributed by atoms with Crippen LogP contribution in [0.5, 0.6) is 0 Å². The summed E-state index contributed by atoms with van der Waals surface area (Å²) in [4.78, 5) is 11.6. The van der Waals surface area contributed by atoms with Crippen LogP contribution in [0.1, 0.15) is 61.8 Å². The molecule has 0 unspecified atom stereocenters. The molecule has 0 aromatic rings. The van der Waals surface area contributed by atoms with Gasteiger partial charge in [-0.15, -0.1) is 0 Å². The number of rotatable bonds is 7. The van der Waals surface area contributed by atoms with Crippen LogP contribution in [-0.4, -0.2) is 18.9 Å². The fourth-order valence-electron chi connectivity index (χ4n) is 1.43. The lowest BCUT2D eigenvalue weighted by Crippen LogP contribution is -2.40. The molecule has 0 aliphatic heterocycles. The Balaban J connectivity index is 4.94. The quantitative estimate of drug-likeness (QED) is 0.381. The van der Waals surface area contributed by atoms with E-state index >= 15 is 0 Å². The van der Waals surface area contributed by atoms with Crippen molar-refractivity contribution >= 4 is 13.3 Å². The number of hydrogen-bond acceptors (Lipinski definition) is 2. The average molecular weight is 289 g/mol. The highest BCUT2D eigenvalue weighted by Gasteiger charge is 2.33. The summed E-state index contributed by atoms with van der Waals surface area (Å²) in [7, 11) is 1.78. The van der Waals surface area contributed by atoms with E-state index in [9.17, 15) is 4.79 Å². The lowest BCUT2D eigenvalue weighted by molar-refractivity contribution is -0.114. The summed E-state index contributed by atoms with van der Waals surface area (Å²) < 4.78 is 5.99. The number of allylic oxidation sites excluding steroid dienone is 5. The highest BCUT2D eigenvalue weighted by atomic mass is 16.5. The van der Waals surface area contributed by atoms with E-state index in [1.807, 2.05) is 32.9 Å². The van der Waals surface area contributed by atoms with Gasteiger partial charge in [-0.05, 0) is 39.2 Å². The predicted octanol–water partition coefficient (Wildman–Crippen LogP) is 4.83. The molecule has 0 saturated carbocycles. The smallest absolute Gasteiger partial charge is 0.330 e. The second-order valence-electron chi connectivity index (χ2n) is 6.87. The summed E-state index contributed by atoms with van der Waals surface area (Å²) in [6, 6.07) is 0. The largest absolute Gasteiger partial charge is 0.429 e. The zero-order valence-electron chi connectivity index (χ0n) is 15.0. The second kappa shape index (κ2) is 7.79. The Kier molecular flexibility index (Phi) is 7.39. The first-order valence-corrected chi connectivity index (χ1v) is 7.54. The van der Waals surface area contributed by atoms with Gasteiger partial charge in [0.1, 0.15) is 0 Å². The molecule has 0 fully saturated rings. The summed E-state index contributed by atoms with van der Waals surface area (Å²) in [6.07, 6.45) is 4.28. The zero-order valence-corrected chi connectivity index (χ0v) is 15.0. The Morgan fingerprint density at radius 2 is 1.76 bits per heavy atom. The van der Waals surface area contributed by atoms with Crippen LogP contribution in [0.4, 0.5) is 0 Å². The molecule has 0 amide bonds. The van der Waals surface area contributed by atoms with Crippen molar-refractivity contribution in [2.75, 3.05) is 0 Å². The third-order valence-corrected chi connectivity index (χ3v) is 4.12. The van der Waals surface area contributed by atoms with Crippen LogP contribution in [-0.2, 0) is 9.45 Å². The molecular formula is C18H30BO2. The van der Waals surface area contributed by atoms with Gasteiger partial charge in [0.05, 0.1) is 5.60 Å². The van der Waals surface area contributed by atoms with Gasteiger partial charge < -0.3 is 4.65 Å². The number of hydrogen-bond donors (Lipinski definition) is 0. The molecule has 0 aliphatic carbocycles. The van der Waals surface area contributed by atoms with Gasteiger partial charge in [-0.3, -0.25) is 4.79 Å². The Labute approximate surface area is 131 Å². The van der Waals surface area contributed by atoms with Crippen molar-refractivity contribution < 1.29 is 9.45 Å². The first kappa shape index (κ1) is 19.9. The maximum Gasteiger partial charge on any atom is 0.330 e. The average Bonchev–Trinajstić information content (AvgIpc) is 2.36. The Morgan fingerprint density at radius 3 is 2.14 bits per heavy atom. The molecule has 0 aromatic heterocycles. The first-order valence-electron chi connectivity index (χ1n) is 7.54. The zero-order chi connectivity index (χ0) is 16.8. The lowest BCUT2D eigenvalue weighted by atomic mass is 9.75. The van der Waals surface area contributed by atoms with Crippen molar-refractivity contribution in [3.05, 3.63) is 35.3 Å². The molecule has 0 saturated heterocycles. The van der Waals surface area contributed by atoms with Crippen LogP contribution in [0, 0.1) is 5.41 Å². The van der Waals surface area contributed by atoms with Crippen LogP contribution in [0.2, 0.25) is 0 Å². The van der Waals surface area contributed by atoms with Crippen molar-refractivity contribution in [3.8, 4) is 0 Å². The number of ketones is 1.